The summed E-state index contributed by atoms with van der Waals surface area (Å²) in [6.45, 7) is 1.17. The number of nitrogens with zero attached hydrogens (tertiary/aromatic N) is 2. The van der Waals surface area contributed by atoms with Crippen LogP contribution in [-0.2, 0) is 11.3 Å². The molecular weight excluding hydrogens is 330 g/mol. The summed E-state index contributed by atoms with van der Waals surface area (Å²) in [5, 5.41) is 9.50. The van der Waals surface area contributed by atoms with Crippen molar-refractivity contribution in [2.75, 3.05) is 20.2 Å². The molecule has 0 amide bonds. The number of carbonyl (C=O) groups is 1. The fourth-order valence-electron chi connectivity index (χ4n) is 3.30. The molecule has 0 radical (unpaired) electrons. The molecule has 1 fully saturated rings. The Labute approximate surface area is 143 Å². The van der Waals surface area contributed by atoms with Gasteiger partial charge in [0.25, 0.3) is 0 Å². The third kappa shape index (κ3) is 3.76. The van der Waals surface area contributed by atoms with E-state index in [1.165, 1.54) is 13.2 Å². The predicted molar refractivity (Wildman–Crippen MR) is 86.3 cm³/mol. The quantitative estimate of drug-likeness (QED) is 0.900. The number of aromatic nitrogens is 1. The van der Waals surface area contributed by atoms with Crippen molar-refractivity contribution in [1.82, 2.24) is 9.88 Å². The molecule has 0 saturated carbocycles. The van der Waals surface area contributed by atoms with Crippen LogP contribution in [0, 0.1) is 17.6 Å². The Kier molecular flexibility index (Phi) is 4.94. The first-order valence-corrected chi connectivity index (χ1v) is 7.87. The maximum absolute atomic E-state index is 14.1. The van der Waals surface area contributed by atoms with Crippen molar-refractivity contribution in [3.05, 3.63) is 59.3 Å². The van der Waals surface area contributed by atoms with Crippen molar-refractivity contribution in [3.8, 4) is 5.88 Å². The van der Waals surface area contributed by atoms with Crippen molar-refractivity contribution >= 4 is 5.97 Å². The Morgan fingerprint density at radius 1 is 1.32 bits per heavy atom. The van der Waals surface area contributed by atoms with Gasteiger partial charge in [-0.1, -0.05) is 6.07 Å². The summed E-state index contributed by atoms with van der Waals surface area (Å²) in [6.07, 6.45) is 1.62. The number of pyridine rings is 1. The van der Waals surface area contributed by atoms with Gasteiger partial charge >= 0.3 is 5.97 Å². The topological polar surface area (TPSA) is 62.7 Å². The smallest absolute Gasteiger partial charge is 0.308 e. The molecule has 3 rings (SSSR count). The molecule has 2 aromatic rings. The predicted octanol–water partition coefficient (Wildman–Crippen LogP) is 2.67. The Hall–Kier alpha value is -2.54. The zero-order chi connectivity index (χ0) is 18.0. The van der Waals surface area contributed by atoms with Gasteiger partial charge in [0.05, 0.1) is 13.0 Å². The van der Waals surface area contributed by atoms with Crippen molar-refractivity contribution in [3.63, 3.8) is 0 Å². The number of carboxylic acid groups (broad SMARTS) is 1. The van der Waals surface area contributed by atoms with Crippen LogP contribution in [0.4, 0.5) is 8.78 Å². The summed E-state index contributed by atoms with van der Waals surface area (Å²) >= 11 is 0. The second-order valence-corrected chi connectivity index (χ2v) is 6.12. The van der Waals surface area contributed by atoms with E-state index in [2.05, 4.69) is 4.98 Å². The first-order chi connectivity index (χ1) is 12.0. The second kappa shape index (κ2) is 7.14. The Morgan fingerprint density at radius 2 is 2.12 bits per heavy atom. The van der Waals surface area contributed by atoms with Gasteiger partial charge in [0, 0.05) is 43.9 Å². The number of rotatable bonds is 5. The van der Waals surface area contributed by atoms with Gasteiger partial charge in [0.15, 0.2) is 0 Å². The van der Waals surface area contributed by atoms with Crippen molar-refractivity contribution < 1.29 is 23.4 Å². The number of carboxylic acids is 1. The number of hydrogen-bond acceptors (Lipinski definition) is 4. The van der Waals surface area contributed by atoms with E-state index < -0.39 is 29.4 Å². The van der Waals surface area contributed by atoms with E-state index in [-0.39, 0.29) is 5.56 Å². The van der Waals surface area contributed by atoms with E-state index in [1.807, 2.05) is 11.0 Å². The Balaban J connectivity index is 1.81. The monoisotopic (exact) mass is 348 g/mol. The molecule has 1 aromatic carbocycles. The maximum atomic E-state index is 14.1. The third-order valence-corrected chi connectivity index (χ3v) is 4.49. The van der Waals surface area contributed by atoms with E-state index >= 15 is 0 Å². The lowest BCUT2D eigenvalue weighted by Gasteiger charge is -2.17. The van der Waals surface area contributed by atoms with Crippen LogP contribution in [0.15, 0.2) is 36.5 Å². The molecule has 1 aliphatic rings. The average molecular weight is 348 g/mol. The number of hydrogen-bond donors (Lipinski definition) is 1. The number of likely N-dealkylation sites (tertiary alicyclic amines) is 1. The lowest BCUT2D eigenvalue weighted by Crippen LogP contribution is -2.23. The summed E-state index contributed by atoms with van der Waals surface area (Å²) in [6, 6.07) is 6.90. The lowest BCUT2D eigenvalue weighted by atomic mass is 9.88. The van der Waals surface area contributed by atoms with Gasteiger partial charge in [-0.2, -0.15) is 0 Å². The number of methoxy groups -OCH3 is 1. The standard InChI is InChI=1S/C18H18F2N2O3/c1-25-17-6-11(4-5-21-17)8-22-9-14(15(10-22)18(23)24)13-3-2-12(19)7-16(13)20/h2-7,14-15H,8-10H2,1H3,(H,23,24)/t14-,15+/m1/s1. The molecule has 1 saturated heterocycles. The summed E-state index contributed by atoms with van der Waals surface area (Å²) in [7, 11) is 1.52. The van der Waals surface area contributed by atoms with Gasteiger partial charge in [0.2, 0.25) is 5.88 Å². The summed E-state index contributed by atoms with van der Waals surface area (Å²) in [5.74, 6) is -3.16. The van der Waals surface area contributed by atoms with Gasteiger partial charge in [-0.15, -0.1) is 0 Å². The van der Waals surface area contributed by atoms with Gasteiger partial charge < -0.3 is 9.84 Å². The van der Waals surface area contributed by atoms with Crippen LogP contribution >= 0.6 is 0 Å². The summed E-state index contributed by atoms with van der Waals surface area (Å²) < 4.78 is 32.3. The fraction of sp³-hybridized carbons (Fsp3) is 0.333. The van der Waals surface area contributed by atoms with Crippen LogP contribution in [-0.4, -0.2) is 41.2 Å². The highest BCUT2D eigenvalue weighted by Gasteiger charge is 2.39. The van der Waals surface area contributed by atoms with Crippen LogP contribution in [0.25, 0.3) is 0 Å². The molecule has 2 atom stereocenters. The fourth-order valence-corrected chi connectivity index (χ4v) is 3.30. The van der Waals surface area contributed by atoms with Crippen LogP contribution in [0.3, 0.4) is 0 Å². The zero-order valence-electron chi connectivity index (χ0n) is 13.7. The molecule has 0 spiro atoms. The van der Waals surface area contributed by atoms with Crippen LogP contribution < -0.4 is 4.74 Å². The molecule has 5 nitrogen and oxygen atoms in total. The molecule has 25 heavy (non-hydrogen) atoms. The van der Waals surface area contributed by atoms with E-state index in [0.717, 1.165) is 17.7 Å². The molecule has 2 heterocycles. The maximum Gasteiger partial charge on any atom is 0.308 e. The summed E-state index contributed by atoms with van der Waals surface area (Å²) in [5.41, 5.74) is 1.17. The average Bonchev–Trinajstić information content (AvgIpc) is 2.99. The molecule has 0 aliphatic carbocycles. The third-order valence-electron chi connectivity index (χ3n) is 4.49. The minimum Gasteiger partial charge on any atom is -0.481 e. The zero-order valence-corrected chi connectivity index (χ0v) is 13.7. The minimum atomic E-state index is -0.983. The normalized spacial score (nSPS) is 20.6. The SMILES string of the molecule is COc1cc(CN2C[C@H](C(=O)O)[C@@H](c3ccc(F)cc3F)C2)ccn1. The first-order valence-electron chi connectivity index (χ1n) is 7.87. The molecule has 0 bridgehead atoms. The van der Waals surface area contributed by atoms with E-state index in [4.69, 9.17) is 4.74 Å². The Morgan fingerprint density at radius 3 is 2.80 bits per heavy atom. The van der Waals surface area contributed by atoms with E-state index in [1.54, 1.807) is 12.3 Å². The molecule has 7 heteroatoms. The highest BCUT2D eigenvalue weighted by atomic mass is 19.1. The molecule has 0 unspecified atom stereocenters. The van der Waals surface area contributed by atoms with E-state index in [0.29, 0.717) is 25.5 Å². The van der Waals surface area contributed by atoms with Gasteiger partial charge in [0.1, 0.15) is 11.6 Å². The van der Waals surface area contributed by atoms with Crippen LogP contribution in [0.2, 0.25) is 0 Å². The molecule has 1 aromatic heterocycles. The largest absolute Gasteiger partial charge is 0.481 e. The lowest BCUT2D eigenvalue weighted by molar-refractivity contribution is -0.141. The van der Waals surface area contributed by atoms with Gasteiger partial charge in [-0.05, 0) is 23.3 Å². The van der Waals surface area contributed by atoms with Crippen molar-refractivity contribution in [1.29, 1.82) is 0 Å². The highest BCUT2D eigenvalue weighted by molar-refractivity contribution is 5.72. The number of halogens is 2. The van der Waals surface area contributed by atoms with Crippen LogP contribution in [0.1, 0.15) is 17.0 Å². The van der Waals surface area contributed by atoms with E-state index in [9.17, 15) is 18.7 Å². The Bertz CT molecular complexity index is 785. The number of aliphatic carboxylic acids is 1. The molecule has 1 aliphatic heterocycles. The first kappa shape index (κ1) is 17.3. The van der Waals surface area contributed by atoms with Gasteiger partial charge in [-0.3, -0.25) is 9.69 Å². The van der Waals surface area contributed by atoms with Crippen LogP contribution in [0.5, 0.6) is 5.88 Å². The molecule has 1 N–H and O–H groups in total. The molecular formula is C18H18F2N2O3. The van der Waals surface area contributed by atoms with Gasteiger partial charge in [-0.25, -0.2) is 13.8 Å². The minimum absolute atomic E-state index is 0.239. The van der Waals surface area contributed by atoms with Crippen molar-refractivity contribution in [2.24, 2.45) is 5.92 Å². The summed E-state index contributed by atoms with van der Waals surface area (Å²) in [4.78, 5) is 17.6. The number of benzene rings is 1. The second-order valence-electron chi connectivity index (χ2n) is 6.12. The number of ether oxygens (including phenoxy) is 1. The highest BCUT2D eigenvalue weighted by Crippen LogP contribution is 2.35. The van der Waals surface area contributed by atoms with Crippen molar-refractivity contribution in [2.45, 2.75) is 12.5 Å². The molecule has 132 valence electrons.